The molecule has 0 aliphatic rings. The first-order valence-corrected chi connectivity index (χ1v) is 10.0. The van der Waals surface area contributed by atoms with Gasteiger partial charge >= 0.3 is 0 Å². The highest BCUT2D eigenvalue weighted by atomic mass is 35.5. The number of halogens is 1. The molecule has 135 valence electrons. The van der Waals surface area contributed by atoms with E-state index in [2.05, 4.69) is 25.2 Å². The van der Waals surface area contributed by atoms with Gasteiger partial charge in [0.2, 0.25) is 5.91 Å². The van der Waals surface area contributed by atoms with Crippen molar-refractivity contribution in [3.8, 4) is 0 Å². The molecule has 24 heavy (non-hydrogen) atoms. The fraction of sp³-hybridized carbons (Fsp3) is 0.667. The van der Waals surface area contributed by atoms with Gasteiger partial charge in [-0.1, -0.05) is 89.3 Å². The van der Waals surface area contributed by atoms with Gasteiger partial charge in [-0.3, -0.25) is 4.79 Å². The average molecular weight is 351 g/mol. The number of unbranched alkanes of at least 4 members (excludes halogenated alkanes) is 7. The highest BCUT2D eigenvalue weighted by molar-refractivity contribution is 6.30. The van der Waals surface area contributed by atoms with Crippen LogP contribution in [0.1, 0.15) is 84.5 Å². The molecule has 0 aliphatic carbocycles. The highest BCUT2D eigenvalue weighted by Gasteiger charge is 2.17. The Morgan fingerprint density at radius 3 is 2.33 bits per heavy atom. The number of hydrogen-bond acceptors (Lipinski definition) is 1. The molecular formula is C21H33ClNO. The van der Waals surface area contributed by atoms with Crippen molar-refractivity contribution in [2.75, 3.05) is 5.32 Å². The fourth-order valence-corrected chi connectivity index (χ4v) is 3.14. The molecular weight excluding hydrogens is 318 g/mol. The van der Waals surface area contributed by atoms with E-state index in [0.717, 1.165) is 37.8 Å². The summed E-state index contributed by atoms with van der Waals surface area (Å²) in [6.07, 6.45) is 13.2. The smallest absolute Gasteiger partial charge is 0.227 e. The predicted octanol–water partition coefficient (Wildman–Crippen LogP) is 7.03. The molecule has 1 N–H and O–H groups in total. The number of amides is 1. The number of carbonyl (C=O) groups excluding carboxylic acids is 1. The summed E-state index contributed by atoms with van der Waals surface area (Å²) in [5.41, 5.74) is 0.768. The Labute approximate surface area is 153 Å². The zero-order valence-electron chi connectivity index (χ0n) is 15.4. The number of carbonyl (C=O) groups is 1. The van der Waals surface area contributed by atoms with E-state index in [0.29, 0.717) is 5.02 Å². The lowest BCUT2D eigenvalue weighted by molar-refractivity contribution is -0.120. The maximum absolute atomic E-state index is 12.6. The first-order chi connectivity index (χ1) is 11.7. The van der Waals surface area contributed by atoms with Crippen LogP contribution in [0.25, 0.3) is 0 Å². The summed E-state index contributed by atoms with van der Waals surface area (Å²) < 4.78 is 0. The van der Waals surface area contributed by atoms with Crippen molar-refractivity contribution >= 4 is 23.2 Å². The third kappa shape index (κ3) is 9.32. The van der Waals surface area contributed by atoms with Gasteiger partial charge in [-0.05, 0) is 25.0 Å². The Bertz CT molecular complexity index is 461. The molecule has 2 nitrogen and oxygen atoms in total. The molecule has 3 heteroatoms. The summed E-state index contributed by atoms with van der Waals surface area (Å²) in [4.78, 5) is 12.6. The van der Waals surface area contributed by atoms with E-state index in [-0.39, 0.29) is 11.8 Å². The molecule has 1 aromatic carbocycles. The molecule has 0 heterocycles. The Balaban J connectivity index is 2.38. The second kappa shape index (κ2) is 13.3. The summed E-state index contributed by atoms with van der Waals surface area (Å²) in [6, 6.07) is 8.23. The maximum Gasteiger partial charge on any atom is 0.227 e. The molecule has 1 unspecified atom stereocenters. The molecule has 0 saturated heterocycles. The number of rotatable bonds is 13. The van der Waals surface area contributed by atoms with Crippen molar-refractivity contribution in [1.82, 2.24) is 0 Å². The van der Waals surface area contributed by atoms with Crippen LogP contribution in [0.15, 0.2) is 18.2 Å². The predicted molar refractivity (Wildman–Crippen MR) is 105 cm³/mol. The molecule has 1 atom stereocenters. The molecule has 1 aromatic rings. The van der Waals surface area contributed by atoms with Gasteiger partial charge in [0.15, 0.2) is 0 Å². The van der Waals surface area contributed by atoms with Crippen LogP contribution in [0.4, 0.5) is 5.69 Å². The number of hydrogen-bond donors (Lipinski definition) is 1. The largest absolute Gasteiger partial charge is 0.326 e. The topological polar surface area (TPSA) is 29.1 Å². The minimum Gasteiger partial charge on any atom is -0.326 e. The van der Waals surface area contributed by atoms with Gasteiger partial charge in [-0.2, -0.15) is 0 Å². The maximum atomic E-state index is 12.6. The van der Waals surface area contributed by atoms with Crippen LogP contribution in [0, 0.1) is 12.0 Å². The van der Waals surface area contributed by atoms with E-state index < -0.39 is 0 Å². The molecule has 0 bridgehead atoms. The zero-order chi connectivity index (χ0) is 17.6. The van der Waals surface area contributed by atoms with Gasteiger partial charge in [-0.25, -0.2) is 0 Å². The number of nitrogens with one attached hydrogen (secondary N) is 1. The third-order valence-electron chi connectivity index (χ3n) is 4.47. The minimum atomic E-state index is 0.114. The summed E-state index contributed by atoms with van der Waals surface area (Å²) in [5.74, 6) is 0.250. The van der Waals surface area contributed by atoms with Crippen LogP contribution in [0.2, 0.25) is 5.02 Å². The molecule has 0 aliphatic heterocycles. The van der Waals surface area contributed by atoms with Gasteiger partial charge in [0.1, 0.15) is 0 Å². The summed E-state index contributed by atoms with van der Waals surface area (Å²) in [5, 5.41) is 3.55. The SMILES string of the molecule is CCCCCCCCCC(CCCC)C(=O)Nc1cc[c]c(Cl)c1. The summed E-state index contributed by atoms with van der Waals surface area (Å²) in [7, 11) is 0. The van der Waals surface area contributed by atoms with Crippen LogP contribution in [-0.2, 0) is 4.79 Å². The van der Waals surface area contributed by atoms with Gasteiger partial charge in [0, 0.05) is 17.7 Å². The average Bonchev–Trinajstić information content (AvgIpc) is 2.56. The normalized spacial score (nSPS) is 12.1. The van der Waals surface area contributed by atoms with Crippen molar-refractivity contribution in [2.24, 2.45) is 5.92 Å². The van der Waals surface area contributed by atoms with E-state index in [9.17, 15) is 4.79 Å². The van der Waals surface area contributed by atoms with E-state index in [4.69, 9.17) is 11.6 Å². The molecule has 1 radical (unpaired) electrons. The summed E-state index contributed by atoms with van der Waals surface area (Å²) >= 11 is 5.94. The van der Waals surface area contributed by atoms with Crippen LogP contribution in [0.5, 0.6) is 0 Å². The highest BCUT2D eigenvalue weighted by Crippen LogP contribution is 2.21. The molecule has 0 aromatic heterocycles. The first kappa shape index (κ1) is 21.0. The molecule has 0 saturated carbocycles. The van der Waals surface area contributed by atoms with E-state index in [1.54, 1.807) is 12.1 Å². The summed E-state index contributed by atoms with van der Waals surface area (Å²) in [6.45, 7) is 4.42. The lowest BCUT2D eigenvalue weighted by atomic mass is 9.94. The van der Waals surface area contributed by atoms with Crippen LogP contribution in [-0.4, -0.2) is 5.91 Å². The van der Waals surface area contributed by atoms with Crippen molar-refractivity contribution in [3.63, 3.8) is 0 Å². The van der Waals surface area contributed by atoms with Gasteiger partial charge in [-0.15, -0.1) is 0 Å². The van der Waals surface area contributed by atoms with Crippen molar-refractivity contribution in [2.45, 2.75) is 84.5 Å². The van der Waals surface area contributed by atoms with Crippen molar-refractivity contribution in [1.29, 1.82) is 0 Å². The Morgan fingerprint density at radius 2 is 1.67 bits per heavy atom. The lowest BCUT2D eigenvalue weighted by Crippen LogP contribution is -2.23. The Hall–Kier alpha value is -1.02. The van der Waals surface area contributed by atoms with E-state index in [1.165, 1.54) is 38.5 Å². The van der Waals surface area contributed by atoms with Crippen LogP contribution in [0.3, 0.4) is 0 Å². The van der Waals surface area contributed by atoms with E-state index in [1.807, 2.05) is 6.07 Å². The Kier molecular flexibility index (Phi) is 11.6. The number of benzene rings is 1. The monoisotopic (exact) mass is 350 g/mol. The standard InChI is InChI=1S/C21H33ClNO/c1-3-5-7-8-9-10-11-14-18(13-6-4-2)21(24)23-20-16-12-15-19(22)17-20/h12,16-18H,3-11,13-14H2,1-2H3,(H,23,24). The molecule has 0 spiro atoms. The molecule has 1 rings (SSSR count). The third-order valence-corrected chi connectivity index (χ3v) is 4.69. The van der Waals surface area contributed by atoms with Crippen LogP contribution >= 0.6 is 11.6 Å². The van der Waals surface area contributed by atoms with Gasteiger partial charge in [0.25, 0.3) is 0 Å². The van der Waals surface area contributed by atoms with Crippen molar-refractivity contribution in [3.05, 3.63) is 29.3 Å². The quantitative estimate of drug-likeness (QED) is 0.380. The zero-order valence-corrected chi connectivity index (χ0v) is 16.1. The van der Waals surface area contributed by atoms with Gasteiger partial charge < -0.3 is 5.32 Å². The van der Waals surface area contributed by atoms with Gasteiger partial charge in [0.05, 0.1) is 5.02 Å². The second-order valence-electron chi connectivity index (χ2n) is 6.66. The fourth-order valence-electron chi connectivity index (χ4n) is 2.96. The molecule has 1 amide bonds. The first-order valence-electron chi connectivity index (χ1n) is 9.65. The van der Waals surface area contributed by atoms with Crippen molar-refractivity contribution < 1.29 is 4.79 Å². The van der Waals surface area contributed by atoms with Crippen LogP contribution < -0.4 is 5.32 Å². The number of anilines is 1. The Morgan fingerprint density at radius 1 is 1.04 bits per heavy atom. The minimum absolute atomic E-state index is 0.114. The second-order valence-corrected chi connectivity index (χ2v) is 7.07. The molecule has 0 fully saturated rings. The lowest BCUT2D eigenvalue weighted by Gasteiger charge is -2.16. The van der Waals surface area contributed by atoms with E-state index >= 15 is 0 Å².